The van der Waals surface area contributed by atoms with Gasteiger partial charge in [0.25, 0.3) is 0 Å². The van der Waals surface area contributed by atoms with Crippen LogP contribution in [0.5, 0.6) is 0 Å². The van der Waals surface area contributed by atoms with Crippen LogP contribution >= 0.6 is 15.9 Å². The standard InChI is InChI=1S/C15H17BrN2O3/c16-14-9-12(2-1-11(14)10-17)18-6-3-13(4-7-18)21-8-5-15(19)20/h1-2,9,13H,3-8H2,(H,19,20). The maximum Gasteiger partial charge on any atom is 0.305 e. The molecular weight excluding hydrogens is 336 g/mol. The van der Waals surface area contributed by atoms with Crippen LogP contribution in [0.3, 0.4) is 0 Å². The molecule has 1 aliphatic rings. The minimum Gasteiger partial charge on any atom is -0.481 e. The maximum atomic E-state index is 10.4. The van der Waals surface area contributed by atoms with Crippen molar-refractivity contribution >= 4 is 27.6 Å². The summed E-state index contributed by atoms with van der Waals surface area (Å²) in [5.74, 6) is -0.824. The number of carboxylic acid groups (broad SMARTS) is 1. The fraction of sp³-hybridized carbons (Fsp3) is 0.467. The van der Waals surface area contributed by atoms with E-state index >= 15 is 0 Å². The molecule has 0 amide bonds. The van der Waals surface area contributed by atoms with Crippen LogP contribution in [0.4, 0.5) is 5.69 Å². The molecule has 0 aliphatic carbocycles. The Hall–Kier alpha value is -1.58. The monoisotopic (exact) mass is 352 g/mol. The molecule has 1 heterocycles. The summed E-state index contributed by atoms with van der Waals surface area (Å²) in [6, 6.07) is 7.86. The van der Waals surface area contributed by atoms with E-state index in [0.29, 0.717) is 5.56 Å². The second-order valence-corrected chi connectivity index (χ2v) is 5.83. The fourth-order valence-corrected chi connectivity index (χ4v) is 2.84. The molecule has 1 aliphatic heterocycles. The zero-order valence-electron chi connectivity index (χ0n) is 11.6. The van der Waals surface area contributed by atoms with Crippen molar-refractivity contribution in [1.29, 1.82) is 5.26 Å². The molecule has 21 heavy (non-hydrogen) atoms. The molecular formula is C15H17BrN2O3. The normalized spacial score (nSPS) is 15.7. The van der Waals surface area contributed by atoms with Crippen LogP contribution in [-0.2, 0) is 9.53 Å². The van der Waals surface area contributed by atoms with Gasteiger partial charge in [0.1, 0.15) is 6.07 Å². The van der Waals surface area contributed by atoms with E-state index in [1.807, 2.05) is 18.2 Å². The Morgan fingerprint density at radius 1 is 1.48 bits per heavy atom. The van der Waals surface area contributed by atoms with Gasteiger partial charge in [-0.15, -0.1) is 0 Å². The highest BCUT2D eigenvalue weighted by atomic mass is 79.9. The lowest BCUT2D eigenvalue weighted by Crippen LogP contribution is -2.37. The summed E-state index contributed by atoms with van der Waals surface area (Å²) in [6.45, 7) is 2.02. The van der Waals surface area contributed by atoms with Crippen molar-refractivity contribution in [2.75, 3.05) is 24.6 Å². The summed E-state index contributed by atoms with van der Waals surface area (Å²) in [6.07, 6.45) is 1.97. The number of hydrogen-bond acceptors (Lipinski definition) is 4. The van der Waals surface area contributed by atoms with Crippen LogP contribution in [0.15, 0.2) is 22.7 Å². The summed E-state index contributed by atoms with van der Waals surface area (Å²) in [5.41, 5.74) is 1.72. The van der Waals surface area contributed by atoms with Gasteiger partial charge in [-0.05, 0) is 47.0 Å². The molecule has 1 fully saturated rings. The molecule has 0 atom stereocenters. The van der Waals surface area contributed by atoms with Crippen LogP contribution in [0, 0.1) is 11.3 Å². The van der Waals surface area contributed by atoms with E-state index in [-0.39, 0.29) is 19.1 Å². The van der Waals surface area contributed by atoms with Gasteiger partial charge in [0.05, 0.1) is 24.7 Å². The van der Waals surface area contributed by atoms with Gasteiger partial charge in [-0.2, -0.15) is 5.26 Å². The van der Waals surface area contributed by atoms with E-state index in [0.717, 1.165) is 36.1 Å². The number of rotatable bonds is 5. The van der Waals surface area contributed by atoms with Gasteiger partial charge in [-0.25, -0.2) is 0 Å². The number of piperidine rings is 1. The molecule has 0 radical (unpaired) electrons. The number of carboxylic acids is 1. The van der Waals surface area contributed by atoms with E-state index in [4.69, 9.17) is 15.1 Å². The predicted molar refractivity (Wildman–Crippen MR) is 82.3 cm³/mol. The quantitative estimate of drug-likeness (QED) is 0.881. The molecule has 0 bridgehead atoms. The smallest absolute Gasteiger partial charge is 0.305 e. The van der Waals surface area contributed by atoms with Gasteiger partial charge in [-0.3, -0.25) is 4.79 Å². The minimum atomic E-state index is -0.824. The molecule has 1 aromatic rings. The van der Waals surface area contributed by atoms with Gasteiger partial charge in [0, 0.05) is 23.2 Å². The molecule has 0 aromatic heterocycles. The van der Waals surface area contributed by atoms with E-state index in [1.54, 1.807) is 0 Å². The Kier molecular flexibility index (Phi) is 5.59. The Morgan fingerprint density at radius 3 is 2.76 bits per heavy atom. The number of ether oxygens (including phenoxy) is 1. The summed E-state index contributed by atoms with van der Waals surface area (Å²) < 4.78 is 6.39. The third-order valence-corrected chi connectivity index (χ3v) is 4.21. The summed E-state index contributed by atoms with van der Waals surface area (Å²) in [7, 11) is 0. The van der Waals surface area contributed by atoms with E-state index in [2.05, 4.69) is 26.9 Å². The van der Waals surface area contributed by atoms with Crippen molar-refractivity contribution in [3.63, 3.8) is 0 Å². The van der Waals surface area contributed by atoms with Crippen molar-refractivity contribution in [2.45, 2.75) is 25.4 Å². The Bertz CT molecular complexity index is 548. The van der Waals surface area contributed by atoms with Gasteiger partial charge in [0.15, 0.2) is 0 Å². The number of halogens is 1. The van der Waals surface area contributed by atoms with E-state index in [1.165, 1.54) is 0 Å². The molecule has 6 heteroatoms. The van der Waals surface area contributed by atoms with E-state index < -0.39 is 5.97 Å². The molecule has 0 saturated carbocycles. The summed E-state index contributed by atoms with van der Waals surface area (Å²) in [5, 5.41) is 17.5. The summed E-state index contributed by atoms with van der Waals surface area (Å²) >= 11 is 3.40. The van der Waals surface area contributed by atoms with Crippen molar-refractivity contribution in [2.24, 2.45) is 0 Å². The van der Waals surface area contributed by atoms with Gasteiger partial charge in [0.2, 0.25) is 0 Å². The highest BCUT2D eigenvalue weighted by molar-refractivity contribution is 9.10. The Labute approximate surface area is 132 Å². The topological polar surface area (TPSA) is 73.6 Å². The van der Waals surface area contributed by atoms with Crippen LogP contribution < -0.4 is 4.90 Å². The Balaban J connectivity index is 1.85. The fourth-order valence-electron chi connectivity index (χ4n) is 2.38. The number of anilines is 1. The van der Waals surface area contributed by atoms with Crippen molar-refractivity contribution in [1.82, 2.24) is 0 Å². The predicted octanol–water partition coefficient (Wildman–Crippen LogP) is 2.78. The lowest BCUT2D eigenvalue weighted by Gasteiger charge is -2.33. The average molecular weight is 353 g/mol. The maximum absolute atomic E-state index is 10.4. The first kappa shape index (κ1) is 15.8. The first-order valence-corrected chi connectivity index (χ1v) is 7.67. The van der Waals surface area contributed by atoms with Crippen LogP contribution in [0.1, 0.15) is 24.8 Å². The second kappa shape index (κ2) is 7.43. The molecule has 5 nitrogen and oxygen atoms in total. The largest absolute Gasteiger partial charge is 0.481 e. The van der Waals surface area contributed by atoms with Crippen LogP contribution in [-0.4, -0.2) is 36.9 Å². The first-order valence-electron chi connectivity index (χ1n) is 6.88. The highest BCUT2D eigenvalue weighted by Gasteiger charge is 2.20. The number of nitriles is 1. The van der Waals surface area contributed by atoms with Crippen LogP contribution in [0.25, 0.3) is 0 Å². The SMILES string of the molecule is N#Cc1ccc(N2CCC(OCCC(=O)O)CC2)cc1Br. The molecule has 112 valence electrons. The Morgan fingerprint density at radius 2 is 2.19 bits per heavy atom. The highest BCUT2D eigenvalue weighted by Crippen LogP contribution is 2.26. The molecule has 2 rings (SSSR count). The average Bonchev–Trinajstić information content (AvgIpc) is 2.47. The minimum absolute atomic E-state index is 0.0583. The van der Waals surface area contributed by atoms with Gasteiger partial charge in [-0.1, -0.05) is 0 Å². The second-order valence-electron chi connectivity index (χ2n) is 4.98. The number of aliphatic carboxylic acids is 1. The third kappa shape index (κ3) is 4.45. The number of hydrogen-bond donors (Lipinski definition) is 1. The zero-order valence-corrected chi connectivity index (χ0v) is 13.2. The van der Waals surface area contributed by atoms with Crippen molar-refractivity contribution < 1.29 is 14.6 Å². The van der Waals surface area contributed by atoms with Crippen molar-refractivity contribution in [3.8, 4) is 6.07 Å². The molecule has 1 saturated heterocycles. The molecule has 1 aromatic carbocycles. The van der Waals surface area contributed by atoms with Crippen LogP contribution in [0.2, 0.25) is 0 Å². The van der Waals surface area contributed by atoms with Gasteiger partial charge < -0.3 is 14.7 Å². The molecule has 0 spiro atoms. The third-order valence-electron chi connectivity index (χ3n) is 3.55. The number of nitrogens with zero attached hydrogens (tertiary/aromatic N) is 2. The van der Waals surface area contributed by atoms with Crippen molar-refractivity contribution in [3.05, 3.63) is 28.2 Å². The molecule has 0 unspecified atom stereocenters. The lowest BCUT2D eigenvalue weighted by molar-refractivity contribution is -0.138. The van der Waals surface area contributed by atoms with Gasteiger partial charge >= 0.3 is 5.97 Å². The number of carbonyl (C=O) groups is 1. The first-order chi connectivity index (χ1) is 10.1. The lowest BCUT2D eigenvalue weighted by atomic mass is 10.1. The zero-order chi connectivity index (χ0) is 15.2. The number of benzene rings is 1. The van der Waals surface area contributed by atoms with E-state index in [9.17, 15) is 4.79 Å². The summed E-state index contributed by atoms with van der Waals surface area (Å²) in [4.78, 5) is 12.7. The molecule has 1 N–H and O–H groups in total.